The molecular formula is C24H31N5O2S2. The summed E-state index contributed by atoms with van der Waals surface area (Å²) >= 11 is 2.70. The molecule has 0 radical (unpaired) electrons. The van der Waals surface area contributed by atoms with Gasteiger partial charge in [0, 0.05) is 24.8 Å². The molecule has 0 bridgehead atoms. The zero-order valence-electron chi connectivity index (χ0n) is 19.5. The first-order valence-corrected chi connectivity index (χ1v) is 13.5. The highest BCUT2D eigenvalue weighted by atomic mass is 32.2. The number of benzene rings is 1. The Morgan fingerprint density at radius 1 is 1.18 bits per heavy atom. The first-order valence-electron chi connectivity index (χ1n) is 11.7. The molecule has 0 aliphatic carbocycles. The lowest BCUT2D eigenvalue weighted by molar-refractivity contribution is -0.113. The minimum absolute atomic E-state index is 0.0621. The zero-order valence-corrected chi connectivity index (χ0v) is 21.1. The van der Waals surface area contributed by atoms with Crippen molar-refractivity contribution in [3.63, 3.8) is 0 Å². The summed E-state index contributed by atoms with van der Waals surface area (Å²) in [5.41, 5.74) is 2.46. The molecule has 2 aromatic heterocycles. The third-order valence-electron chi connectivity index (χ3n) is 5.70. The summed E-state index contributed by atoms with van der Waals surface area (Å²) in [7, 11) is 0. The molecule has 176 valence electrons. The Morgan fingerprint density at radius 3 is 2.58 bits per heavy atom. The summed E-state index contributed by atoms with van der Waals surface area (Å²) in [6.45, 7) is 8.04. The summed E-state index contributed by atoms with van der Waals surface area (Å²) in [5.74, 6) is 0.0488. The van der Waals surface area contributed by atoms with Gasteiger partial charge in [-0.2, -0.15) is 4.98 Å². The van der Waals surface area contributed by atoms with Crippen molar-refractivity contribution in [3.05, 3.63) is 40.2 Å². The highest BCUT2D eigenvalue weighted by molar-refractivity contribution is 7.99. The summed E-state index contributed by atoms with van der Waals surface area (Å²) in [5, 5.41) is 4.34. The molecule has 0 saturated carbocycles. The Morgan fingerprint density at radius 2 is 1.91 bits per heavy atom. The van der Waals surface area contributed by atoms with Crippen LogP contribution in [0.15, 0.2) is 34.2 Å². The van der Waals surface area contributed by atoms with E-state index in [4.69, 9.17) is 0 Å². The third kappa shape index (κ3) is 5.58. The van der Waals surface area contributed by atoms with Gasteiger partial charge in [0.1, 0.15) is 4.70 Å². The number of hydrogen-bond donors (Lipinski definition) is 1. The number of thioether (sulfide) groups is 1. The minimum Gasteiger partial charge on any atom is -0.348 e. The van der Waals surface area contributed by atoms with Crippen molar-refractivity contribution in [1.82, 2.24) is 14.5 Å². The van der Waals surface area contributed by atoms with Gasteiger partial charge in [-0.15, -0.1) is 0 Å². The highest BCUT2D eigenvalue weighted by Crippen LogP contribution is 2.30. The predicted molar refractivity (Wildman–Crippen MR) is 138 cm³/mol. The molecule has 9 heteroatoms. The SMILES string of the molecule is CCCCc1ccc(NC(=O)CSc2nc3nc(N4CCCC4)sc3c(=O)n2C(C)C)cc1. The van der Waals surface area contributed by atoms with Gasteiger partial charge in [-0.1, -0.05) is 48.6 Å². The molecule has 0 atom stereocenters. The quantitative estimate of drug-likeness (QED) is 0.335. The van der Waals surface area contributed by atoms with E-state index in [2.05, 4.69) is 39.2 Å². The fourth-order valence-corrected chi connectivity index (χ4v) is 5.83. The van der Waals surface area contributed by atoms with E-state index in [-0.39, 0.29) is 23.3 Å². The van der Waals surface area contributed by atoms with E-state index < -0.39 is 0 Å². The normalized spacial score (nSPS) is 13.9. The maximum absolute atomic E-state index is 13.2. The van der Waals surface area contributed by atoms with Crippen molar-refractivity contribution in [2.75, 3.05) is 29.1 Å². The van der Waals surface area contributed by atoms with E-state index in [1.54, 1.807) is 4.57 Å². The van der Waals surface area contributed by atoms with Gasteiger partial charge in [-0.25, -0.2) is 4.98 Å². The van der Waals surface area contributed by atoms with E-state index in [9.17, 15) is 9.59 Å². The van der Waals surface area contributed by atoms with Crippen LogP contribution in [0.2, 0.25) is 0 Å². The number of aryl methyl sites for hydroxylation is 1. The van der Waals surface area contributed by atoms with Crippen LogP contribution in [0.3, 0.4) is 0 Å². The maximum Gasteiger partial charge on any atom is 0.274 e. The third-order valence-corrected chi connectivity index (χ3v) is 7.75. The molecule has 1 fully saturated rings. The number of hydrogen-bond acceptors (Lipinski definition) is 7. The molecule has 7 nitrogen and oxygen atoms in total. The molecule has 1 aliphatic rings. The minimum atomic E-state index is -0.123. The van der Waals surface area contributed by atoms with Gasteiger partial charge in [0.2, 0.25) is 5.91 Å². The first-order chi connectivity index (χ1) is 16.0. The average Bonchev–Trinajstić information content (AvgIpc) is 3.47. The van der Waals surface area contributed by atoms with E-state index in [0.29, 0.717) is 15.5 Å². The molecule has 33 heavy (non-hydrogen) atoms. The predicted octanol–water partition coefficient (Wildman–Crippen LogP) is 5.11. The summed E-state index contributed by atoms with van der Waals surface area (Å²) in [4.78, 5) is 37.4. The van der Waals surface area contributed by atoms with Gasteiger partial charge in [0.25, 0.3) is 5.56 Å². The van der Waals surface area contributed by atoms with Crippen LogP contribution in [-0.4, -0.2) is 39.3 Å². The molecule has 0 spiro atoms. The Hall–Kier alpha value is -2.39. The van der Waals surface area contributed by atoms with E-state index in [1.807, 2.05) is 26.0 Å². The fourth-order valence-electron chi connectivity index (χ4n) is 3.92. The van der Waals surface area contributed by atoms with Crippen LogP contribution in [0.5, 0.6) is 0 Å². The van der Waals surface area contributed by atoms with Crippen LogP contribution in [0.4, 0.5) is 10.8 Å². The number of amides is 1. The smallest absolute Gasteiger partial charge is 0.274 e. The van der Waals surface area contributed by atoms with Crippen LogP contribution in [-0.2, 0) is 11.2 Å². The summed E-state index contributed by atoms with van der Waals surface area (Å²) in [6, 6.07) is 7.94. The Kier molecular flexibility index (Phi) is 7.70. The lowest BCUT2D eigenvalue weighted by Crippen LogP contribution is -2.25. The van der Waals surface area contributed by atoms with E-state index in [1.165, 1.54) is 28.7 Å². The Bertz CT molecular complexity index is 1160. The number of anilines is 2. The van der Waals surface area contributed by atoms with Crippen molar-refractivity contribution in [1.29, 1.82) is 0 Å². The van der Waals surface area contributed by atoms with Crippen molar-refractivity contribution < 1.29 is 4.79 Å². The van der Waals surface area contributed by atoms with Gasteiger partial charge >= 0.3 is 0 Å². The highest BCUT2D eigenvalue weighted by Gasteiger charge is 2.22. The second-order valence-corrected chi connectivity index (χ2v) is 10.6. The monoisotopic (exact) mass is 485 g/mol. The molecule has 3 heterocycles. The van der Waals surface area contributed by atoms with Crippen molar-refractivity contribution >= 4 is 50.2 Å². The van der Waals surface area contributed by atoms with Crippen LogP contribution in [0.25, 0.3) is 10.3 Å². The molecule has 3 aromatic rings. The average molecular weight is 486 g/mol. The second-order valence-electron chi connectivity index (χ2n) is 8.64. The number of unbranched alkanes of at least 4 members (excludes halogenated alkanes) is 1. The molecular weight excluding hydrogens is 454 g/mol. The number of aromatic nitrogens is 3. The standard InChI is InChI=1S/C24H31N5O2S2/c1-4-5-8-17-9-11-18(12-10-17)25-19(30)15-32-24-27-21-20(22(31)29(24)16(2)3)33-23(26-21)28-13-6-7-14-28/h9-12,16H,4-8,13-15H2,1-3H3,(H,25,30). The Balaban J connectivity index is 1.48. The van der Waals surface area contributed by atoms with Crippen LogP contribution < -0.4 is 15.8 Å². The van der Waals surface area contributed by atoms with Crippen molar-refractivity contribution in [2.24, 2.45) is 0 Å². The lowest BCUT2D eigenvalue weighted by Gasteiger charge is -2.14. The maximum atomic E-state index is 13.2. The van der Waals surface area contributed by atoms with Gasteiger partial charge in [0.05, 0.1) is 5.75 Å². The van der Waals surface area contributed by atoms with Crippen LogP contribution >= 0.6 is 23.1 Å². The number of carbonyl (C=O) groups excluding carboxylic acids is 1. The molecule has 1 aromatic carbocycles. The van der Waals surface area contributed by atoms with E-state index >= 15 is 0 Å². The number of thiazole rings is 1. The summed E-state index contributed by atoms with van der Waals surface area (Å²) < 4.78 is 2.26. The lowest BCUT2D eigenvalue weighted by atomic mass is 10.1. The number of nitrogens with one attached hydrogen (secondary N) is 1. The number of carbonyl (C=O) groups is 1. The number of rotatable bonds is 9. The molecule has 0 unspecified atom stereocenters. The van der Waals surface area contributed by atoms with Gasteiger partial charge in [-0.3, -0.25) is 14.2 Å². The molecule has 1 saturated heterocycles. The van der Waals surface area contributed by atoms with Crippen LogP contribution in [0, 0.1) is 0 Å². The topological polar surface area (TPSA) is 80.1 Å². The van der Waals surface area contributed by atoms with Crippen molar-refractivity contribution in [2.45, 2.75) is 64.1 Å². The zero-order chi connectivity index (χ0) is 23.4. The second kappa shape index (κ2) is 10.7. The van der Waals surface area contributed by atoms with Crippen molar-refractivity contribution in [3.8, 4) is 0 Å². The molecule has 4 rings (SSSR count). The van der Waals surface area contributed by atoms with Gasteiger partial charge < -0.3 is 10.2 Å². The number of nitrogens with zero attached hydrogens (tertiary/aromatic N) is 4. The first kappa shape index (κ1) is 23.8. The molecule has 1 amide bonds. The molecule has 1 aliphatic heterocycles. The fraction of sp³-hybridized carbons (Fsp3) is 0.500. The molecule has 1 N–H and O–H groups in total. The van der Waals surface area contributed by atoms with E-state index in [0.717, 1.165) is 56.0 Å². The Labute approximate surface area is 202 Å². The van der Waals surface area contributed by atoms with Gasteiger partial charge in [-0.05, 0) is 57.2 Å². The number of fused-ring (bicyclic) bond motifs is 1. The summed E-state index contributed by atoms with van der Waals surface area (Å²) in [6.07, 6.45) is 5.68. The van der Waals surface area contributed by atoms with Crippen LogP contribution in [0.1, 0.15) is 58.1 Å². The van der Waals surface area contributed by atoms with Gasteiger partial charge in [0.15, 0.2) is 15.9 Å². The largest absolute Gasteiger partial charge is 0.348 e.